The Bertz CT molecular complexity index is 2640. The van der Waals surface area contributed by atoms with Gasteiger partial charge in [0.25, 0.3) is 0 Å². The average molecular weight is 1570 g/mol. The van der Waals surface area contributed by atoms with Crippen LogP contribution in [0.2, 0.25) is 0 Å². The molecular formula is C65H90Br2I2O18. The molecule has 0 aliphatic carbocycles. The number of ether oxygens (including phenoxy) is 11. The van der Waals surface area contributed by atoms with Gasteiger partial charge in [0.2, 0.25) is 0 Å². The SMILES string of the molecule is CC(=O)OCCOCCOc1cc(C)c(C(=O)C(C)(C)I)cc1C.CC(C)(Br)C(=O)c1ccc(OCCOCCO)cc1.CCC(Br)(CC)C(=O)c1ccc(OCCOCCOC(C)=O)cc1.COCCOCCOc1ccc(C(=O)C(C)(C)I)cc1. The van der Waals surface area contributed by atoms with E-state index in [0.29, 0.717) is 114 Å². The lowest BCUT2D eigenvalue weighted by Gasteiger charge is -2.22. The van der Waals surface area contributed by atoms with Crippen molar-refractivity contribution in [3.8, 4) is 23.0 Å². The number of aryl methyl sites for hydroxylation is 2. The molecule has 0 spiro atoms. The summed E-state index contributed by atoms with van der Waals surface area (Å²) in [5.41, 5.74) is 4.57. The highest BCUT2D eigenvalue weighted by Crippen LogP contribution is 2.32. The molecule has 18 nitrogen and oxygen atoms in total. The van der Waals surface area contributed by atoms with E-state index in [1.165, 1.54) is 13.8 Å². The molecule has 4 rings (SSSR count). The molecule has 0 atom stereocenters. The van der Waals surface area contributed by atoms with E-state index < -0.39 is 15.5 Å². The first-order valence-corrected chi connectivity index (χ1v) is 32.2. The lowest BCUT2D eigenvalue weighted by atomic mass is 9.93. The number of carbonyl (C=O) groups is 6. The van der Waals surface area contributed by atoms with Gasteiger partial charge in [0.05, 0.1) is 81.6 Å². The van der Waals surface area contributed by atoms with Crippen LogP contribution in [0, 0.1) is 13.8 Å². The molecule has 0 aliphatic rings. The summed E-state index contributed by atoms with van der Waals surface area (Å²) in [4.78, 5) is 70.2. The molecule has 0 saturated carbocycles. The van der Waals surface area contributed by atoms with E-state index in [2.05, 4.69) is 77.0 Å². The Kier molecular flexibility index (Phi) is 40.5. The van der Waals surface area contributed by atoms with Crippen LogP contribution in [0.4, 0.5) is 0 Å². The highest BCUT2D eigenvalue weighted by atomic mass is 127. The fraction of sp³-hybridized carbons (Fsp3) is 0.538. The lowest BCUT2D eigenvalue weighted by Crippen LogP contribution is -2.30. The van der Waals surface area contributed by atoms with Gasteiger partial charge in [-0.3, -0.25) is 28.8 Å². The summed E-state index contributed by atoms with van der Waals surface area (Å²) in [6.45, 7) is 27.9. The highest BCUT2D eigenvalue weighted by molar-refractivity contribution is 14.1. The van der Waals surface area contributed by atoms with Gasteiger partial charge in [-0.15, -0.1) is 0 Å². The van der Waals surface area contributed by atoms with Crippen LogP contribution in [0.15, 0.2) is 84.9 Å². The van der Waals surface area contributed by atoms with Gasteiger partial charge in [-0.25, -0.2) is 0 Å². The van der Waals surface area contributed by atoms with Gasteiger partial charge in [0, 0.05) is 43.2 Å². The Morgan fingerprint density at radius 3 is 1.14 bits per heavy atom. The van der Waals surface area contributed by atoms with E-state index in [0.717, 1.165) is 41.0 Å². The summed E-state index contributed by atoms with van der Waals surface area (Å²) in [6.07, 6.45) is 1.48. The van der Waals surface area contributed by atoms with E-state index >= 15 is 0 Å². The minimum atomic E-state index is -0.562. The third-order valence-corrected chi connectivity index (χ3v) is 14.8. The molecule has 4 aromatic carbocycles. The molecule has 0 aromatic heterocycles. The number of aliphatic hydroxyl groups is 1. The lowest BCUT2D eigenvalue weighted by molar-refractivity contribution is -0.143. The van der Waals surface area contributed by atoms with Crippen LogP contribution in [-0.2, 0) is 42.7 Å². The number of alkyl halides is 4. The maximum Gasteiger partial charge on any atom is 0.302 e. The van der Waals surface area contributed by atoms with E-state index in [1.807, 2.05) is 93.5 Å². The third kappa shape index (κ3) is 34.6. The molecule has 0 saturated heterocycles. The maximum absolute atomic E-state index is 12.5. The summed E-state index contributed by atoms with van der Waals surface area (Å²) < 4.78 is 55.7. The molecule has 0 bridgehead atoms. The number of hydrogen-bond donors (Lipinski definition) is 1. The van der Waals surface area contributed by atoms with Crippen molar-refractivity contribution in [2.24, 2.45) is 0 Å². The zero-order valence-electron chi connectivity index (χ0n) is 52.7. The van der Waals surface area contributed by atoms with Gasteiger partial charge in [0.15, 0.2) is 23.1 Å². The summed E-state index contributed by atoms with van der Waals surface area (Å²) in [5, 5.41) is 8.53. The van der Waals surface area contributed by atoms with Crippen molar-refractivity contribution in [3.05, 3.63) is 118 Å². The second-order valence-electron chi connectivity index (χ2n) is 20.7. The first-order chi connectivity index (χ1) is 40.9. The van der Waals surface area contributed by atoms with Gasteiger partial charge in [-0.05, 0) is 164 Å². The van der Waals surface area contributed by atoms with Crippen LogP contribution in [0.25, 0.3) is 0 Å². The van der Waals surface area contributed by atoms with Gasteiger partial charge in [-0.1, -0.05) is 90.9 Å². The molecule has 0 amide bonds. The molecule has 0 unspecified atom stereocenters. The van der Waals surface area contributed by atoms with Crippen molar-refractivity contribution >= 4 is 112 Å². The summed E-state index contributed by atoms with van der Waals surface area (Å²) >= 11 is 11.2. The van der Waals surface area contributed by atoms with Crippen LogP contribution in [0.5, 0.6) is 23.0 Å². The smallest absolute Gasteiger partial charge is 0.302 e. The summed E-state index contributed by atoms with van der Waals surface area (Å²) in [6, 6.07) is 25.1. The Balaban J connectivity index is 0.000000583. The van der Waals surface area contributed by atoms with Crippen LogP contribution in [-0.4, -0.2) is 168 Å². The van der Waals surface area contributed by atoms with Crippen molar-refractivity contribution in [1.82, 2.24) is 0 Å². The first kappa shape index (κ1) is 80.9. The van der Waals surface area contributed by atoms with E-state index in [1.54, 1.807) is 67.8 Å². The van der Waals surface area contributed by atoms with Gasteiger partial charge in [-0.2, -0.15) is 0 Å². The Morgan fingerprint density at radius 1 is 0.448 bits per heavy atom. The quantitative estimate of drug-likeness (QED) is 0.0146. The van der Waals surface area contributed by atoms with Crippen LogP contribution < -0.4 is 18.9 Å². The standard InChI is InChI=1S/C18H25BrO5.C18H25IO5.C15H21IO4.C14H19BrO4/c1-4-18(19,5-2)17(21)15-6-8-16(9-7-15)24-13-11-22-10-12-23-14(3)20;1-12-11-16(24-9-7-22-6-8-23-14(3)20)13(2)10-15(12)17(21)18(4,5)19;1-15(2,16)14(17)12-4-6-13(7-5-12)20-11-10-19-9-8-18-3;1-14(2,15)13(17)11-3-5-12(6-4-11)19-10-9-18-8-7-16/h6-9H,4-5,10-13H2,1-3H3;10-11H,6-9H2,1-5H3;4-7H,8-11H2,1-3H3;3-6,16H,7-10H2,1-2H3. The average Bonchev–Trinajstić information content (AvgIpc) is 2.41. The van der Waals surface area contributed by atoms with Crippen molar-refractivity contribution in [3.63, 3.8) is 0 Å². The third-order valence-electron chi connectivity index (χ3n) is 12.0. The van der Waals surface area contributed by atoms with E-state index in [4.69, 9.17) is 57.2 Å². The highest BCUT2D eigenvalue weighted by Gasteiger charge is 2.32. The summed E-state index contributed by atoms with van der Waals surface area (Å²) in [7, 11) is 1.64. The number of rotatable bonds is 37. The van der Waals surface area contributed by atoms with Crippen LogP contribution >= 0.6 is 77.0 Å². The second kappa shape index (κ2) is 43.6. The van der Waals surface area contributed by atoms with Gasteiger partial charge < -0.3 is 57.2 Å². The number of Topliss-reactive ketones (excluding diaryl/α,β-unsaturated/α-hetero) is 4. The Labute approximate surface area is 559 Å². The first-order valence-electron chi connectivity index (χ1n) is 28.5. The van der Waals surface area contributed by atoms with Gasteiger partial charge in [0.1, 0.15) is 62.6 Å². The molecule has 0 aliphatic heterocycles. The number of benzene rings is 4. The molecule has 87 heavy (non-hydrogen) atoms. The van der Waals surface area contributed by atoms with Crippen LogP contribution in [0.1, 0.15) is 135 Å². The second-order valence-corrected chi connectivity index (χ2v) is 29.5. The molecule has 0 fully saturated rings. The topological polar surface area (TPSA) is 224 Å². The van der Waals surface area contributed by atoms with Crippen molar-refractivity contribution < 1.29 is 86.0 Å². The molecule has 0 heterocycles. The predicted molar refractivity (Wildman–Crippen MR) is 361 cm³/mol. The maximum atomic E-state index is 12.5. The monoisotopic (exact) mass is 1570 g/mol. The van der Waals surface area contributed by atoms with Crippen molar-refractivity contribution in [2.75, 3.05) is 113 Å². The molecule has 4 aromatic rings. The predicted octanol–water partition coefficient (Wildman–Crippen LogP) is 13.0. The Hall–Kier alpha value is -4.12. The largest absolute Gasteiger partial charge is 0.491 e. The molecular weight excluding hydrogens is 1480 g/mol. The minimum absolute atomic E-state index is 0.0130. The fourth-order valence-corrected chi connectivity index (χ4v) is 8.16. The van der Waals surface area contributed by atoms with Crippen molar-refractivity contribution in [2.45, 2.75) is 111 Å². The zero-order chi connectivity index (χ0) is 65.6. The molecule has 0 radical (unpaired) electrons. The molecule has 486 valence electrons. The molecule has 22 heteroatoms. The number of methoxy groups -OCH3 is 1. The number of hydrogen-bond acceptors (Lipinski definition) is 18. The fourth-order valence-electron chi connectivity index (χ4n) is 7.10. The zero-order valence-corrected chi connectivity index (χ0v) is 60.2. The number of halogens is 4. The van der Waals surface area contributed by atoms with Crippen molar-refractivity contribution in [1.29, 1.82) is 0 Å². The van der Waals surface area contributed by atoms with Crippen LogP contribution in [0.3, 0.4) is 0 Å². The van der Waals surface area contributed by atoms with Gasteiger partial charge >= 0.3 is 11.9 Å². The number of esters is 2. The van der Waals surface area contributed by atoms with E-state index in [-0.39, 0.29) is 54.9 Å². The number of ketones is 4. The minimum Gasteiger partial charge on any atom is -0.491 e. The Morgan fingerprint density at radius 2 is 0.793 bits per heavy atom. The number of carbonyl (C=O) groups excluding carboxylic acids is 6. The number of aliphatic hydroxyl groups excluding tert-OH is 1. The van der Waals surface area contributed by atoms with E-state index in [9.17, 15) is 28.8 Å². The molecule has 1 N–H and O–H groups in total. The summed E-state index contributed by atoms with van der Waals surface area (Å²) in [5.74, 6) is 2.59. The normalized spacial score (nSPS) is 11.3.